The van der Waals surface area contributed by atoms with E-state index in [2.05, 4.69) is 9.89 Å². The molecule has 19 heavy (non-hydrogen) atoms. The molecule has 1 aromatic carbocycles. The third kappa shape index (κ3) is 5.17. The first-order valence-corrected chi connectivity index (χ1v) is 5.46. The quantitative estimate of drug-likeness (QED) is 0.389. The summed E-state index contributed by atoms with van der Waals surface area (Å²) in [5.41, 5.74) is 1.75. The molecule has 4 nitrogen and oxygen atoms in total. The molecule has 0 heterocycles. The first-order valence-electron chi connectivity index (χ1n) is 5.46. The molecular formula is C12H14F3NO3. The van der Waals surface area contributed by atoms with Crippen molar-refractivity contribution in [2.75, 3.05) is 13.2 Å². The van der Waals surface area contributed by atoms with Crippen molar-refractivity contribution in [2.24, 2.45) is 5.16 Å². The van der Waals surface area contributed by atoms with Gasteiger partial charge in [0.15, 0.2) is 0 Å². The van der Waals surface area contributed by atoms with Crippen LogP contribution in [0.3, 0.4) is 0 Å². The molecule has 0 atom stereocenters. The van der Waals surface area contributed by atoms with Crippen LogP contribution in [-0.2, 0) is 4.74 Å². The summed E-state index contributed by atoms with van der Waals surface area (Å²) < 4.78 is 44.1. The number of oxime groups is 1. The molecular weight excluding hydrogens is 263 g/mol. The maximum atomic E-state index is 11.8. The van der Waals surface area contributed by atoms with Gasteiger partial charge in [-0.05, 0) is 26.0 Å². The molecule has 0 fully saturated rings. The minimum atomic E-state index is -4.66. The first-order chi connectivity index (χ1) is 8.83. The Morgan fingerprint density at radius 2 is 2.00 bits per heavy atom. The van der Waals surface area contributed by atoms with Crippen LogP contribution in [0.15, 0.2) is 23.4 Å². The molecule has 0 unspecified atom stereocenters. The zero-order valence-corrected chi connectivity index (χ0v) is 10.5. The smallest absolute Gasteiger partial charge is 0.490 e. The van der Waals surface area contributed by atoms with Gasteiger partial charge in [-0.3, -0.25) is 4.74 Å². The summed E-state index contributed by atoms with van der Waals surface area (Å²) in [6.45, 7) is 2.54. The van der Waals surface area contributed by atoms with Gasteiger partial charge in [0, 0.05) is 5.56 Å². The second kappa shape index (κ2) is 6.42. The Kier molecular flexibility index (Phi) is 5.17. The first kappa shape index (κ1) is 15.3. The maximum Gasteiger partial charge on any atom is 0.522 e. The lowest BCUT2D eigenvalue weighted by Gasteiger charge is -2.12. The van der Waals surface area contributed by atoms with Crippen molar-refractivity contribution in [1.29, 1.82) is 0 Å². The molecule has 0 radical (unpaired) electrons. The normalized spacial score (nSPS) is 12.6. The van der Waals surface area contributed by atoms with Crippen molar-refractivity contribution in [2.45, 2.75) is 20.2 Å². The van der Waals surface area contributed by atoms with Crippen molar-refractivity contribution in [3.05, 3.63) is 29.3 Å². The second-order valence-corrected chi connectivity index (χ2v) is 3.83. The van der Waals surface area contributed by atoms with Gasteiger partial charge < -0.3 is 9.94 Å². The number of halogens is 3. The van der Waals surface area contributed by atoms with Gasteiger partial charge in [0.25, 0.3) is 0 Å². The highest BCUT2D eigenvalue weighted by Crippen LogP contribution is 2.21. The van der Waals surface area contributed by atoms with Gasteiger partial charge in [-0.15, -0.1) is 13.2 Å². The van der Waals surface area contributed by atoms with Crippen molar-refractivity contribution in [1.82, 2.24) is 0 Å². The lowest BCUT2D eigenvalue weighted by atomic mass is 10.1. The standard InChI is InChI=1S/C12H14F3NO3/c1-8-3-4-11(10(7-8)9(2)16-17)18-5-6-19-12(13,14)15/h3-4,7,17H,5-6H2,1-2H3. The summed E-state index contributed by atoms with van der Waals surface area (Å²) in [6, 6.07) is 5.07. The van der Waals surface area contributed by atoms with Gasteiger partial charge in [-0.25, -0.2) is 0 Å². The number of benzene rings is 1. The number of aryl methyl sites for hydroxylation is 1. The lowest BCUT2D eigenvalue weighted by Crippen LogP contribution is -2.18. The number of rotatable bonds is 5. The van der Waals surface area contributed by atoms with Gasteiger partial charge in [0.2, 0.25) is 0 Å². The fourth-order valence-corrected chi connectivity index (χ4v) is 1.42. The molecule has 0 aliphatic rings. The monoisotopic (exact) mass is 277 g/mol. The van der Waals surface area contributed by atoms with E-state index >= 15 is 0 Å². The van der Waals surface area contributed by atoms with Crippen LogP contribution in [0.5, 0.6) is 5.75 Å². The van der Waals surface area contributed by atoms with Crippen LogP contribution < -0.4 is 4.74 Å². The van der Waals surface area contributed by atoms with Gasteiger partial charge >= 0.3 is 6.36 Å². The molecule has 0 aliphatic heterocycles. The molecule has 1 N–H and O–H groups in total. The summed E-state index contributed by atoms with van der Waals surface area (Å²) in [6.07, 6.45) is -4.66. The molecule has 0 saturated carbocycles. The summed E-state index contributed by atoms with van der Waals surface area (Å²) in [5, 5.41) is 11.8. The molecule has 0 bridgehead atoms. The molecule has 7 heteroatoms. The Hall–Kier alpha value is -1.76. The second-order valence-electron chi connectivity index (χ2n) is 3.83. The molecule has 1 aromatic rings. The molecule has 1 rings (SSSR count). The van der Waals surface area contributed by atoms with Crippen LogP contribution in [0, 0.1) is 6.92 Å². The average Bonchev–Trinajstić information content (AvgIpc) is 2.33. The van der Waals surface area contributed by atoms with E-state index in [-0.39, 0.29) is 6.61 Å². The summed E-state index contributed by atoms with van der Waals surface area (Å²) in [5.74, 6) is 0.340. The van der Waals surface area contributed by atoms with Gasteiger partial charge in [-0.1, -0.05) is 16.8 Å². The van der Waals surface area contributed by atoms with E-state index in [1.54, 1.807) is 25.1 Å². The number of nitrogens with zero attached hydrogens (tertiary/aromatic N) is 1. The molecule has 106 valence electrons. The molecule has 0 aliphatic carbocycles. The Morgan fingerprint density at radius 1 is 1.32 bits per heavy atom. The minimum absolute atomic E-state index is 0.256. The predicted octanol–water partition coefficient (Wildman–Crippen LogP) is 3.11. The van der Waals surface area contributed by atoms with E-state index in [1.165, 1.54) is 0 Å². The van der Waals surface area contributed by atoms with Gasteiger partial charge in [-0.2, -0.15) is 0 Å². The number of ether oxygens (including phenoxy) is 2. The number of hydrogen-bond acceptors (Lipinski definition) is 4. The maximum absolute atomic E-state index is 11.8. The van der Waals surface area contributed by atoms with E-state index in [0.29, 0.717) is 17.0 Å². The van der Waals surface area contributed by atoms with Crippen molar-refractivity contribution in [3.63, 3.8) is 0 Å². The molecule has 0 saturated heterocycles. The zero-order chi connectivity index (χ0) is 14.5. The third-order valence-electron chi connectivity index (χ3n) is 2.28. The third-order valence-corrected chi connectivity index (χ3v) is 2.28. The summed E-state index contributed by atoms with van der Waals surface area (Å²) in [7, 11) is 0. The Morgan fingerprint density at radius 3 is 2.58 bits per heavy atom. The zero-order valence-electron chi connectivity index (χ0n) is 10.5. The highest BCUT2D eigenvalue weighted by atomic mass is 19.4. The topological polar surface area (TPSA) is 51.1 Å². The highest BCUT2D eigenvalue weighted by Gasteiger charge is 2.28. The van der Waals surface area contributed by atoms with Gasteiger partial charge in [0.05, 0.1) is 12.3 Å². The largest absolute Gasteiger partial charge is 0.522 e. The Balaban J connectivity index is 2.68. The number of hydrogen-bond donors (Lipinski definition) is 1. The van der Waals surface area contributed by atoms with Crippen LogP contribution in [-0.4, -0.2) is 30.5 Å². The molecule has 0 amide bonds. The lowest BCUT2D eigenvalue weighted by molar-refractivity contribution is -0.325. The van der Waals surface area contributed by atoms with Crippen LogP contribution in [0.4, 0.5) is 13.2 Å². The van der Waals surface area contributed by atoms with Crippen LogP contribution in [0.2, 0.25) is 0 Å². The summed E-state index contributed by atoms with van der Waals surface area (Å²) >= 11 is 0. The van der Waals surface area contributed by atoms with Crippen LogP contribution in [0.25, 0.3) is 0 Å². The van der Waals surface area contributed by atoms with E-state index < -0.39 is 13.0 Å². The van der Waals surface area contributed by atoms with E-state index in [9.17, 15) is 13.2 Å². The van der Waals surface area contributed by atoms with Crippen LogP contribution >= 0.6 is 0 Å². The fraction of sp³-hybridized carbons (Fsp3) is 0.417. The predicted molar refractivity (Wildman–Crippen MR) is 62.7 cm³/mol. The average molecular weight is 277 g/mol. The van der Waals surface area contributed by atoms with Crippen molar-refractivity contribution in [3.8, 4) is 5.75 Å². The van der Waals surface area contributed by atoms with E-state index in [0.717, 1.165) is 5.56 Å². The minimum Gasteiger partial charge on any atom is -0.490 e. The Labute approximate surface area is 108 Å². The number of alkyl halides is 3. The van der Waals surface area contributed by atoms with Crippen molar-refractivity contribution < 1.29 is 27.9 Å². The van der Waals surface area contributed by atoms with Crippen molar-refractivity contribution >= 4 is 5.71 Å². The highest BCUT2D eigenvalue weighted by molar-refractivity contribution is 6.00. The van der Waals surface area contributed by atoms with Crippen LogP contribution in [0.1, 0.15) is 18.1 Å². The van der Waals surface area contributed by atoms with Gasteiger partial charge in [0.1, 0.15) is 12.4 Å². The fourth-order valence-electron chi connectivity index (χ4n) is 1.42. The SMILES string of the molecule is CC(=NO)c1cc(C)ccc1OCCOC(F)(F)F. The van der Waals surface area contributed by atoms with E-state index in [1.807, 2.05) is 6.92 Å². The Bertz CT molecular complexity index is 458. The van der Waals surface area contributed by atoms with E-state index in [4.69, 9.17) is 9.94 Å². The molecule has 0 spiro atoms. The summed E-state index contributed by atoms with van der Waals surface area (Å²) in [4.78, 5) is 0. The molecule has 0 aromatic heterocycles.